The second-order valence-electron chi connectivity index (χ2n) is 3.30. The van der Waals surface area contributed by atoms with E-state index in [9.17, 15) is 0 Å². The van der Waals surface area contributed by atoms with Crippen molar-refractivity contribution in [3.8, 4) is 0 Å². The van der Waals surface area contributed by atoms with Gasteiger partial charge in [0.1, 0.15) is 0 Å². The monoisotopic (exact) mass is 260 g/mol. The van der Waals surface area contributed by atoms with Crippen LogP contribution in [0.4, 0.5) is 5.69 Å². The molecule has 0 spiro atoms. The Kier molecular flexibility index (Phi) is 2.47. The first-order valence-corrected chi connectivity index (χ1v) is 5.39. The molecule has 1 heterocycles. The summed E-state index contributed by atoms with van der Waals surface area (Å²) in [6.07, 6.45) is 6.05. The Morgan fingerprint density at radius 2 is 2.23 bits per heavy atom. The molecule has 1 aromatic heterocycles. The third-order valence-corrected chi connectivity index (χ3v) is 3.52. The van der Waals surface area contributed by atoms with Gasteiger partial charge in [0.05, 0.1) is 21.4 Å². The summed E-state index contributed by atoms with van der Waals surface area (Å²) in [4.78, 5) is 6.30. The Hall–Kier alpha value is -0.280. The van der Waals surface area contributed by atoms with Crippen molar-refractivity contribution in [3.05, 3.63) is 21.9 Å². The minimum absolute atomic E-state index is 0.661. The number of pyridine rings is 1. The van der Waals surface area contributed by atoms with Gasteiger partial charge in [0.25, 0.3) is 0 Å². The molecule has 0 atom stereocenters. The first kappa shape index (κ1) is 9.28. The fraction of sp³-hybridized carbons (Fsp3) is 0.444. The average molecular weight is 262 g/mol. The molecule has 0 amide bonds. The Labute approximate surface area is 91.0 Å². The zero-order valence-corrected chi connectivity index (χ0v) is 9.64. The highest BCUT2D eigenvalue weighted by atomic mass is 79.9. The summed E-state index contributed by atoms with van der Waals surface area (Å²) in [5.41, 5.74) is 1.01. The Balaban J connectivity index is 2.32. The predicted octanol–water partition coefficient (Wildman–Crippen LogP) is 3.10. The van der Waals surface area contributed by atoms with Gasteiger partial charge in [-0.05, 0) is 28.8 Å². The highest BCUT2D eigenvalue weighted by Crippen LogP contribution is 2.36. The molecule has 0 bridgehead atoms. The number of hydrogen-bond acceptors (Lipinski definition) is 2. The van der Waals surface area contributed by atoms with Gasteiger partial charge in [-0.15, -0.1) is 0 Å². The van der Waals surface area contributed by atoms with Gasteiger partial charge in [0.2, 0.25) is 0 Å². The van der Waals surface area contributed by atoms with Crippen LogP contribution in [-0.2, 0) is 0 Å². The van der Waals surface area contributed by atoms with Crippen molar-refractivity contribution in [2.45, 2.75) is 18.9 Å². The standard InChI is InChI=1S/C9H10BrClN2/c1-13(6-2-3-6)8-5-12-4-7(10)9(8)11/h4-6H,2-3H2,1H3. The predicted molar refractivity (Wildman–Crippen MR) is 58.4 cm³/mol. The summed E-state index contributed by atoms with van der Waals surface area (Å²) in [7, 11) is 2.06. The summed E-state index contributed by atoms with van der Waals surface area (Å²) in [5, 5.41) is 0.754. The summed E-state index contributed by atoms with van der Waals surface area (Å²) in [5.74, 6) is 0. The molecule has 13 heavy (non-hydrogen) atoms. The van der Waals surface area contributed by atoms with E-state index in [4.69, 9.17) is 11.6 Å². The first-order valence-electron chi connectivity index (χ1n) is 4.22. The minimum Gasteiger partial charge on any atom is -0.369 e. The summed E-state index contributed by atoms with van der Waals surface area (Å²) < 4.78 is 0.860. The quantitative estimate of drug-likeness (QED) is 0.813. The molecule has 70 valence electrons. The summed E-state index contributed by atoms with van der Waals surface area (Å²) >= 11 is 9.49. The molecule has 1 aliphatic carbocycles. The zero-order valence-electron chi connectivity index (χ0n) is 7.30. The molecule has 0 N–H and O–H groups in total. The smallest absolute Gasteiger partial charge is 0.0812 e. The van der Waals surface area contributed by atoms with Crippen molar-refractivity contribution in [1.82, 2.24) is 4.98 Å². The molecular weight excluding hydrogens is 251 g/mol. The van der Waals surface area contributed by atoms with E-state index >= 15 is 0 Å². The van der Waals surface area contributed by atoms with Crippen LogP contribution in [0.5, 0.6) is 0 Å². The third-order valence-electron chi connectivity index (χ3n) is 2.29. The summed E-state index contributed by atoms with van der Waals surface area (Å²) in [6.45, 7) is 0. The lowest BCUT2D eigenvalue weighted by molar-refractivity contribution is 0.911. The number of aromatic nitrogens is 1. The topological polar surface area (TPSA) is 16.1 Å². The van der Waals surface area contributed by atoms with Gasteiger partial charge < -0.3 is 4.90 Å². The van der Waals surface area contributed by atoms with Gasteiger partial charge in [0, 0.05) is 19.3 Å². The number of nitrogens with zero attached hydrogens (tertiary/aromatic N) is 2. The molecule has 2 nitrogen and oxygen atoms in total. The van der Waals surface area contributed by atoms with Crippen LogP contribution >= 0.6 is 27.5 Å². The molecule has 1 aliphatic rings. The van der Waals surface area contributed by atoms with Gasteiger partial charge in [-0.25, -0.2) is 0 Å². The van der Waals surface area contributed by atoms with Crippen LogP contribution in [0.1, 0.15) is 12.8 Å². The van der Waals surface area contributed by atoms with Gasteiger partial charge in [0.15, 0.2) is 0 Å². The van der Waals surface area contributed by atoms with Gasteiger partial charge in [-0.3, -0.25) is 4.98 Å². The van der Waals surface area contributed by atoms with E-state index in [2.05, 4.69) is 32.9 Å². The molecule has 0 radical (unpaired) electrons. The minimum atomic E-state index is 0.661. The van der Waals surface area contributed by atoms with E-state index in [1.54, 1.807) is 6.20 Å². The van der Waals surface area contributed by atoms with Crippen LogP contribution in [0.2, 0.25) is 5.02 Å². The van der Waals surface area contributed by atoms with Crippen LogP contribution in [0.15, 0.2) is 16.9 Å². The highest BCUT2D eigenvalue weighted by molar-refractivity contribution is 9.10. The summed E-state index contributed by atoms with van der Waals surface area (Å²) in [6, 6.07) is 0.661. The largest absolute Gasteiger partial charge is 0.369 e. The van der Waals surface area contributed by atoms with E-state index in [-0.39, 0.29) is 0 Å². The fourth-order valence-electron chi connectivity index (χ4n) is 1.31. The van der Waals surface area contributed by atoms with Crippen LogP contribution < -0.4 is 4.90 Å². The van der Waals surface area contributed by atoms with Crippen molar-refractivity contribution < 1.29 is 0 Å². The second-order valence-corrected chi connectivity index (χ2v) is 4.53. The zero-order chi connectivity index (χ0) is 9.42. The van der Waals surface area contributed by atoms with Crippen molar-refractivity contribution in [2.24, 2.45) is 0 Å². The average Bonchev–Trinajstić information content (AvgIpc) is 2.91. The van der Waals surface area contributed by atoms with Crippen molar-refractivity contribution >= 4 is 33.2 Å². The molecule has 1 aromatic rings. The van der Waals surface area contributed by atoms with E-state index < -0.39 is 0 Å². The van der Waals surface area contributed by atoms with Crippen LogP contribution in [0, 0.1) is 0 Å². The Bertz CT molecular complexity index is 325. The van der Waals surface area contributed by atoms with E-state index in [0.717, 1.165) is 15.2 Å². The molecule has 0 aliphatic heterocycles. The Morgan fingerprint density at radius 1 is 1.54 bits per heavy atom. The lowest BCUT2D eigenvalue weighted by Gasteiger charge is -2.19. The van der Waals surface area contributed by atoms with Crippen LogP contribution in [-0.4, -0.2) is 18.1 Å². The third kappa shape index (κ3) is 1.81. The van der Waals surface area contributed by atoms with Crippen molar-refractivity contribution in [2.75, 3.05) is 11.9 Å². The molecular formula is C9H10BrClN2. The maximum Gasteiger partial charge on any atom is 0.0812 e. The van der Waals surface area contributed by atoms with E-state index in [0.29, 0.717) is 6.04 Å². The van der Waals surface area contributed by atoms with Crippen LogP contribution in [0.3, 0.4) is 0 Å². The van der Waals surface area contributed by atoms with Gasteiger partial charge >= 0.3 is 0 Å². The van der Waals surface area contributed by atoms with Crippen LogP contribution in [0.25, 0.3) is 0 Å². The first-order chi connectivity index (χ1) is 6.20. The van der Waals surface area contributed by atoms with Gasteiger partial charge in [-0.2, -0.15) is 0 Å². The molecule has 2 rings (SSSR count). The maximum absolute atomic E-state index is 6.13. The number of hydrogen-bond donors (Lipinski definition) is 0. The van der Waals surface area contributed by atoms with E-state index in [1.165, 1.54) is 12.8 Å². The van der Waals surface area contributed by atoms with E-state index in [1.807, 2.05) is 6.20 Å². The maximum atomic E-state index is 6.13. The number of rotatable bonds is 2. The number of halogens is 2. The molecule has 4 heteroatoms. The molecule has 1 fully saturated rings. The normalized spacial score (nSPS) is 15.9. The van der Waals surface area contributed by atoms with Gasteiger partial charge in [-0.1, -0.05) is 11.6 Å². The lowest BCUT2D eigenvalue weighted by atomic mass is 10.4. The Morgan fingerprint density at radius 3 is 2.85 bits per heavy atom. The lowest BCUT2D eigenvalue weighted by Crippen LogP contribution is -2.19. The molecule has 0 aromatic carbocycles. The molecule has 0 saturated heterocycles. The SMILES string of the molecule is CN(c1cncc(Br)c1Cl)C1CC1. The van der Waals surface area contributed by atoms with Crippen molar-refractivity contribution in [3.63, 3.8) is 0 Å². The fourth-order valence-corrected chi connectivity index (χ4v) is 1.87. The molecule has 0 unspecified atom stereocenters. The molecule has 1 saturated carbocycles. The number of anilines is 1. The highest BCUT2D eigenvalue weighted by Gasteiger charge is 2.27. The second kappa shape index (κ2) is 3.46. The van der Waals surface area contributed by atoms with Crippen molar-refractivity contribution in [1.29, 1.82) is 0 Å².